The van der Waals surface area contributed by atoms with E-state index in [-0.39, 0.29) is 25.2 Å². The second-order valence-electron chi connectivity index (χ2n) is 22.5. The molecule has 0 aromatic rings. The predicted molar refractivity (Wildman–Crippen MR) is 334 cm³/mol. The second-order valence-corrected chi connectivity index (χ2v) is 22.5. The van der Waals surface area contributed by atoms with Crippen LogP contribution in [-0.2, 0) is 19.1 Å². The van der Waals surface area contributed by atoms with Gasteiger partial charge < -0.3 is 14.6 Å². The third kappa shape index (κ3) is 63.9. The van der Waals surface area contributed by atoms with Crippen molar-refractivity contribution >= 4 is 11.9 Å². The average molecular weight is 1060 g/mol. The van der Waals surface area contributed by atoms with Crippen molar-refractivity contribution in [1.82, 2.24) is 0 Å². The minimum absolute atomic E-state index is 0.0601. The molecular weight excluding hydrogens is 933 g/mol. The molecule has 0 aromatic carbocycles. The molecule has 5 nitrogen and oxygen atoms in total. The minimum Gasteiger partial charge on any atom is -0.462 e. The van der Waals surface area contributed by atoms with E-state index in [2.05, 4.69) is 86.8 Å². The number of hydrogen-bond donors (Lipinski definition) is 1. The maximum Gasteiger partial charge on any atom is 0.306 e. The Morgan fingerprint density at radius 2 is 0.566 bits per heavy atom. The maximum atomic E-state index is 12.3. The van der Waals surface area contributed by atoms with Crippen molar-refractivity contribution < 1.29 is 24.2 Å². The average Bonchev–Trinajstić information content (AvgIpc) is 3.42. The number of ether oxygens (including phenoxy) is 2. The first-order chi connectivity index (χ1) is 37.6. The zero-order valence-corrected chi connectivity index (χ0v) is 50.8. The van der Waals surface area contributed by atoms with Crippen molar-refractivity contribution in [3.05, 3.63) is 72.9 Å². The Bertz CT molecular complexity index is 1340. The van der Waals surface area contributed by atoms with Gasteiger partial charge in [0.25, 0.3) is 0 Å². The summed E-state index contributed by atoms with van der Waals surface area (Å²) >= 11 is 0. The van der Waals surface area contributed by atoms with E-state index in [4.69, 9.17) is 9.47 Å². The van der Waals surface area contributed by atoms with Gasteiger partial charge in [0.1, 0.15) is 6.61 Å². The van der Waals surface area contributed by atoms with Crippen LogP contribution in [0.25, 0.3) is 0 Å². The monoisotopic (exact) mass is 1060 g/mol. The zero-order chi connectivity index (χ0) is 54.8. The fraction of sp³-hybridized carbons (Fsp3) is 0.803. The molecule has 0 aromatic heterocycles. The van der Waals surface area contributed by atoms with Crippen LogP contribution in [0, 0.1) is 0 Å². The molecule has 1 atom stereocenters. The first-order valence-electron chi connectivity index (χ1n) is 33.5. The molecule has 1 N–H and O–H groups in total. The van der Waals surface area contributed by atoms with E-state index in [1.54, 1.807) is 0 Å². The number of esters is 2. The van der Waals surface area contributed by atoms with Crippen molar-refractivity contribution in [3.63, 3.8) is 0 Å². The van der Waals surface area contributed by atoms with Gasteiger partial charge in [0, 0.05) is 12.8 Å². The van der Waals surface area contributed by atoms with Gasteiger partial charge in [-0.25, -0.2) is 0 Å². The lowest BCUT2D eigenvalue weighted by Crippen LogP contribution is -2.28. The normalized spacial score (nSPS) is 12.6. The standard InChI is InChI=1S/C71H128O5/c1-3-5-7-9-11-13-15-17-19-21-23-25-26-27-28-29-30-31-32-33-34-35-36-37-38-39-40-41-42-43-44-46-48-50-52-54-56-58-60-62-64-66-71(74)76-69(67-72)68-75-70(73)65-63-61-59-57-55-53-51-49-47-45-24-22-20-18-16-14-12-10-8-6-4-2/h5,7,11,13,17,19,23,25,27-28,30-31,69,72H,3-4,6,8-10,12,14-16,18,20-22,24,26,29,32-68H2,1-2H3/b7-5-,13-11-,19-17-,25-23-,28-27-,31-30-. The topological polar surface area (TPSA) is 72.8 Å². The first-order valence-corrected chi connectivity index (χ1v) is 33.5. The fourth-order valence-electron chi connectivity index (χ4n) is 10.0. The Balaban J connectivity index is 3.41. The third-order valence-electron chi connectivity index (χ3n) is 15.0. The molecule has 76 heavy (non-hydrogen) atoms. The van der Waals surface area contributed by atoms with E-state index in [0.29, 0.717) is 12.8 Å². The number of aliphatic hydroxyl groups is 1. The SMILES string of the molecule is CC/C=C\C/C=C\C/C=C\C/C=C\C/C=C\C/C=C\CCCCCCCCCCCCCCCCCCCCCCCCC(=O)OC(CO)COC(=O)CCCCCCCCCCCCCCCCCCCCCCC. The van der Waals surface area contributed by atoms with Crippen molar-refractivity contribution in [2.75, 3.05) is 13.2 Å². The van der Waals surface area contributed by atoms with Gasteiger partial charge in [-0.05, 0) is 64.2 Å². The summed E-state index contributed by atoms with van der Waals surface area (Å²) in [5, 5.41) is 9.68. The maximum absolute atomic E-state index is 12.3. The summed E-state index contributed by atoms with van der Waals surface area (Å²) in [6.07, 6.45) is 92.1. The van der Waals surface area contributed by atoms with Gasteiger partial charge in [-0.3, -0.25) is 9.59 Å². The Labute approximate surface area is 473 Å². The zero-order valence-electron chi connectivity index (χ0n) is 50.8. The van der Waals surface area contributed by atoms with Gasteiger partial charge in [-0.15, -0.1) is 0 Å². The van der Waals surface area contributed by atoms with Gasteiger partial charge in [0.2, 0.25) is 0 Å². The number of aliphatic hydroxyl groups excluding tert-OH is 1. The lowest BCUT2D eigenvalue weighted by atomic mass is 10.0. The van der Waals surface area contributed by atoms with E-state index in [1.165, 1.54) is 250 Å². The van der Waals surface area contributed by atoms with Crippen LogP contribution in [0.4, 0.5) is 0 Å². The Hall–Kier alpha value is -2.66. The summed E-state index contributed by atoms with van der Waals surface area (Å²) in [6, 6.07) is 0. The predicted octanol–water partition coefficient (Wildman–Crippen LogP) is 23.1. The molecule has 0 rings (SSSR count). The van der Waals surface area contributed by atoms with E-state index in [9.17, 15) is 14.7 Å². The summed E-state index contributed by atoms with van der Waals surface area (Å²) < 4.78 is 10.7. The van der Waals surface area contributed by atoms with Gasteiger partial charge >= 0.3 is 11.9 Å². The molecule has 0 spiro atoms. The molecule has 1 unspecified atom stereocenters. The molecule has 0 aliphatic heterocycles. The highest BCUT2D eigenvalue weighted by Gasteiger charge is 2.16. The number of carbonyl (C=O) groups excluding carboxylic acids is 2. The Morgan fingerprint density at radius 3 is 0.855 bits per heavy atom. The molecule has 442 valence electrons. The van der Waals surface area contributed by atoms with Crippen molar-refractivity contribution in [2.45, 2.75) is 354 Å². The summed E-state index contributed by atoms with van der Waals surface area (Å²) in [5.41, 5.74) is 0. The molecule has 0 heterocycles. The minimum atomic E-state index is -0.770. The van der Waals surface area contributed by atoms with Crippen LogP contribution in [0.3, 0.4) is 0 Å². The van der Waals surface area contributed by atoms with Gasteiger partial charge in [-0.1, -0.05) is 344 Å². The largest absolute Gasteiger partial charge is 0.462 e. The molecule has 0 saturated carbocycles. The lowest BCUT2D eigenvalue weighted by molar-refractivity contribution is -0.161. The highest BCUT2D eigenvalue weighted by atomic mass is 16.6. The van der Waals surface area contributed by atoms with Crippen LogP contribution >= 0.6 is 0 Å². The van der Waals surface area contributed by atoms with E-state index < -0.39 is 6.10 Å². The quantitative estimate of drug-likeness (QED) is 0.0373. The molecule has 0 fully saturated rings. The van der Waals surface area contributed by atoms with E-state index >= 15 is 0 Å². The summed E-state index contributed by atoms with van der Waals surface area (Å²) in [7, 11) is 0. The van der Waals surface area contributed by atoms with Gasteiger partial charge in [0.05, 0.1) is 6.61 Å². The lowest BCUT2D eigenvalue weighted by Gasteiger charge is -2.15. The van der Waals surface area contributed by atoms with Gasteiger partial charge in [0.15, 0.2) is 6.10 Å². The molecule has 5 heteroatoms. The van der Waals surface area contributed by atoms with Crippen molar-refractivity contribution in [2.24, 2.45) is 0 Å². The smallest absolute Gasteiger partial charge is 0.306 e. The molecular formula is C71H128O5. The molecule has 0 aliphatic carbocycles. The highest BCUT2D eigenvalue weighted by molar-refractivity contribution is 5.70. The molecule has 0 aliphatic rings. The number of unbranched alkanes of at least 4 members (excludes halogenated alkanes) is 42. The van der Waals surface area contributed by atoms with Crippen LogP contribution in [0.2, 0.25) is 0 Å². The summed E-state index contributed by atoms with van der Waals surface area (Å²) in [6.45, 7) is 4.08. The highest BCUT2D eigenvalue weighted by Crippen LogP contribution is 2.18. The molecule has 0 amide bonds. The molecule has 0 bridgehead atoms. The second kappa shape index (κ2) is 66.6. The van der Waals surface area contributed by atoms with Crippen molar-refractivity contribution in [1.29, 1.82) is 0 Å². The van der Waals surface area contributed by atoms with E-state index in [1.807, 2.05) is 0 Å². The van der Waals surface area contributed by atoms with Crippen LogP contribution < -0.4 is 0 Å². The third-order valence-corrected chi connectivity index (χ3v) is 15.0. The van der Waals surface area contributed by atoms with Crippen LogP contribution in [0.5, 0.6) is 0 Å². The summed E-state index contributed by atoms with van der Waals surface area (Å²) in [4.78, 5) is 24.6. The van der Waals surface area contributed by atoms with Gasteiger partial charge in [-0.2, -0.15) is 0 Å². The van der Waals surface area contributed by atoms with Crippen LogP contribution in [0.1, 0.15) is 348 Å². The van der Waals surface area contributed by atoms with Crippen LogP contribution in [0.15, 0.2) is 72.9 Å². The number of allylic oxidation sites excluding steroid dienone is 12. The van der Waals surface area contributed by atoms with Crippen molar-refractivity contribution in [3.8, 4) is 0 Å². The fourth-order valence-corrected chi connectivity index (χ4v) is 10.0. The first kappa shape index (κ1) is 73.3. The summed E-state index contributed by atoms with van der Waals surface area (Å²) in [5.74, 6) is -0.569. The van der Waals surface area contributed by atoms with Crippen LogP contribution in [-0.4, -0.2) is 36.4 Å². The Morgan fingerprint density at radius 1 is 0.316 bits per heavy atom. The number of carbonyl (C=O) groups is 2. The molecule has 0 saturated heterocycles. The number of hydrogen-bond acceptors (Lipinski definition) is 5. The molecule has 0 radical (unpaired) electrons. The van der Waals surface area contributed by atoms with E-state index in [0.717, 1.165) is 70.6 Å². The Kier molecular flexibility index (Phi) is 64.3. The number of rotatable bonds is 62.